The number of thioether (sulfide) groups is 1. The molecular weight excluding hydrogens is 458 g/mol. The predicted octanol–water partition coefficient (Wildman–Crippen LogP) is 5.21. The highest BCUT2D eigenvalue weighted by atomic mass is 32.2. The van der Waals surface area contributed by atoms with E-state index in [0.29, 0.717) is 28.5 Å². The van der Waals surface area contributed by atoms with Crippen molar-refractivity contribution in [1.82, 2.24) is 14.9 Å². The van der Waals surface area contributed by atoms with Crippen molar-refractivity contribution in [1.29, 1.82) is 0 Å². The van der Waals surface area contributed by atoms with E-state index in [-0.39, 0.29) is 16.7 Å². The number of amides is 1. The first-order valence-electron chi connectivity index (χ1n) is 10.2. The zero-order chi connectivity index (χ0) is 22.5. The van der Waals surface area contributed by atoms with Crippen LogP contribution in [0.15, 0.2) is 75.8 Å². The minimum Gasteiger partial charge on any atom is -0.355 e. The van der Waals surface area contributed by atoms with Crippen LogP contribution in [-0.2, 0) is 17.8 Å². The van der Waals surface area contributed by atoms with Gasteiger partial charge in [-0.3, -0.25) is 14.2 Å². The van der Waals surface area contributed by atoms with Gasteiger partial charge in [0.25, 0.3) is 5.56 Å². The molecule has 0 bridgehead atoms. The van der Waals surface area contributed by atoms with Gasteiger partial charge in [0, 0.05) is 28.9 Å². The van der Waals surface area contributed by atoms with Gasteiger partial charge in [-0.2, -0.15) is 0 Å². The molecule has 164 valence electrons. The summed E-state index contributed by atoms with van der Waals surface area (Å²) in [6.45, 7) is 6.55. The quantitative estimate of drug-likeness (QED) is 0.202. The van der Waals surface area contributed by atoms with Crippen LogP contribution in [0.3, 0.4) is 0 Å². The largest absolute Gasteiger partial charge is 0.355 e. The van der Waals surface area contributed by atoms with E-state index in [9.17, 15) is 9.59 Å². The summed E-state index contributed by atoms with van der Waals surface area (Å²) >= 11 is 4.43. The molecule has 0 saturated carbocycles. The van der Waals surface area contributed by atoms with Gasteiger partial charge in [0.05, 0.1) is 10.6 Å². The monoisotopic (exact) mass is 481 g/mol. The first kappa shape index (κ1) is 22.5. The number of benzene rings is 1. The summed E-state index contributed by atoms with van der Waals surface area (Å²) in [6, 6.07) is 13.9. The van der Waals surface area contributed by atoms with E-state index in [0.717, 1.165) is 17.5 Å². The number of hydrogen-bond acceptors (Lipinski definition) is 6. The van der Waals surface area contributed by atoms with Crippen LogP contribution in [0, 0.1) is 0 Å². The number of rotatable bonds is 9. The van der Waals surface area contributed by atoms with Crippen molar-refractivity contribution in [3.63, 3.8) is 0 Å². The molecule has 4 rings (SSSR count). The standard InChI is InChI=1S/C24H23N3O2S3/c1-3-13-27-23(29)20-19(17-8-5-4-6-9-17)15-31-22(20)26-24(27)32-16(2)21(28)25-12-11-18-10-7-14-30-18/h3-10,14-16H,1,11-13H2,2H3,(H,25,28). The van der Waals surface area contributed by atoms with Crippen LogP contribution >= 0.6 is 34.4 Å². The summed E-state index contributed by atoms with van der Waals surface area (Å²) in [5.41, 5.74) is 1.77. The Morgan fingerprint density at radius 2 is 2.06 bits per heavy atom. The Balaban J connectivity index is 1.58. The summed E-state index contributed by atoms with van der Waals surface area (Å²) in [6.07, 6.45) is 2.49. The van der Waals surface area contributed by atoms with Gasteiger partial charge >= 0.3 is 0 Å². The molecule has 0 spiro atoms. The molecule has 1 aromatic carbocycles. The number of aromatic nitrogens is 2. The van der Waals surface area contributed by atoms with E-state index >= 15 is 0 Å². The molecule has 1 N–H and O–H groups in total. The molecule has 0 aliphatic rings. The maximum atomic E-state index is 13.4. The average Bonchev–Trinajstić information content (AvgIpc) is 3.47. The molecule has 0 radical (unpaired) electrons. The van der Waals surface area contributed by atoms with Crippen LogP contribution in [0.1, 0.15) is 11.8 Å². The number of fused-ring (bicyclic) bond motifs is 1. The van der Waals surface area contributed by atoms with Crippen molar-refractivity contribution in [3.05, 3.63) is 81.1 Å². The van der Waals surface area contributed by atoms with E-state index in [2.05, 4.69) is 18.0 Å². The minimum atomic E-state index is -0.382. The molecule has 0 aliphatic carbocycles. The summed E-state index contributed by atoms with van der Waals surface area (Å²) in [7, 11) is 0. The third-order valence-corrected chi connectivity index (χ3v) is 7.86. The molecule has 0 saturated heterocycles. The molecule has 1 amide bonds. The van der Waals surface area contributed by atoms with Gasteiger partial charge in [0.1, 0.15) is 4.83 Å². The number of carbonyl (C=O) groups is 1. The molecular formula is C24H23N3O2S3. The average molecular weight is 482 g/mol. The van der Waals surface area contributed by atoms with Crippen molar-refractivity contribution >= 4 is 50.6 Å². The Bertz CT molecular complexity index is 1280. The maximum Gasteiger partial charge on any atom is 0.263 e. The van der Waals surface area contributed by atoms with Crippen LogP contribution in [0.2, 0.25) is 0 Å². The fraction of sp³-hybridized carbons (Fsp3) is 0.208. The Labute approximate surface area is 198 Å². The highest BCUT2D eigenvalue weighted by Crippen LogP contribution is 2.32. The molecule has 0 fully saturated rings. The zero-order valence-electron chi connectivity index (χ0n) is 17.6. The lowest BCUT2D eigenvalue weighted by atomic mass is 10.1. The topological polar surface area (TPSA) is 64.0 Å². The van der Waals surface area contributed by atoms with Crippen LogP contribution in [0.25, 0.3) is 21.3 Å². The first-order valence-corrected chi connectivity index (χ1v) is 12.9. The minimum absolute atomic E-state index is 0.0674. The summed E-state index contributed by atoms with van der Waals surface area (Å²) in [5.74, 6) is -0.0674. The van der Waals surface area contributed by atoms with Gasteiger partial charge in [-0.15, -0.1) is 29.3 Å². The number of nitrogens with one attached hydrogen (secondary N) is 1. The molecule has 1 unspecified atom stereocenters. The number of hydrogen-bond donors (Lipinski definition) is 1. The van der Waals surface area contributed by atoms with Crippen LogP contribution < -0.4 is 10.9 Å². The van der Waals surface area contributed by atoms with E-state index < -0.39 is 0 Å². The number of carbonyl (C=O) groups excluding carboxylic acids is 1. The molecule has 0 aliphatic heterocycles. The third kappa shape index (κ3) is 4.87. The summed E-state index contributed by atoms with van der Waals surface area (Å²) in [5, 5.41) is 7.75. The molecule has 3 heterocycles. The Hall–Kier alpha value is -2.68. The van der Waals surface area contributed by atoms with Crippen molar-refractivity contribution in [3.8, 4) is 11.1 Å². The molecule has 32 heavy (non-hydrogen) atoms. The van der Waals surface area contributed by atoms with Gasteiger partial charge < -0.3 is 5.32 Å². The fourth-order valence-corrected chi connectivity index (χ4v) is 5.97. The second-order valence-corrected chi connectivity index (χ2v) is 10.4. The van der Waals surface area contributed by atoms with Crippen molar-refractivity contribution in [2.75, 3.05) is 6.54 Å². The normalized spacial score (nSPS) is 12.0. The highest BCUT2D eigenvalue weighted by Gasteiger charge is 2.21. The van der Waals surface area contributed by atoms with E-state index in [4.69, 9.17) is 4.98 Å². The van der Waals surface area contributed by atoms with Gasteiger partial charge in [-0.1, -0.05) is 54.2 Å². The van der Waals surface area contributed by atoms with E-state index in [1.165, 1.54) is 28.0 Å². The SMILES string of the molecule is C=CCn1c(SC(C)C(=O)NCCc2cccs2)nc2scc(-c3ccccc3)c2c1=O. The summed E-state index contributed by atoms with van der Waals surface area (Å²) < 4.78 is 1.61. The lowest BCUT2D eigenvalue weighted by Gasteiger charge is -2.15. The number of nitrogens with zero attached hydrogens (tertiary/aromatic N) is 2. The Morgan fingerprint density at radius 1 is 1.25 bits per heavy atom. The Kier molecular flexibility index (Phi) is 7.24. The molecule has 8 heteroatoms. The van der Waals surface area contributed by atoms with Crippen molar-refractivity contribution < 1.29 is 4.79 Å². The van der Waals surface area contributed by atoms with Crippen LogP contribution in [-0.4, -0.2) is 27.3 Å². The van der Waals surface area contributed by atoms with Gasteiger partial charge in [-0.05, 0) is 30.4 Å². The predicted molar refractivity (Wildman–Crippen MR) is 136 cm³/mol. The smallest absolute Gasteiger partial charge is 0.263 e. The Morgan fingerprint density at radius 3 is 2.78 bits per heavy atom. The van der Waals surface area contributed by atoms with Crippen molar-refractivity contribution in [2.45, 2.75) is 30.3 Å². The molecule has 5 nitrogen and oxygen atoms in total. The second-order valence-electron chi connectivity index (χ2n) is 7.17. The molecule has 1 atom stereocenters. The number of thiophene rings is 2. The lowest BCUT2D eigenvalue weighted by molar-refractivity contribution is -0.120. The van der Waals surface area contributed by atoms with Crippen LogP contribution in [0.4, 0.5) is 0 Å². The van der Waals surface area contributed by atoms with E-state index in [1.807, 2.05) is 54.1 Å². The third-order valence-electron chi connectivity index (χ3n) is 4.96. The lowest BCUT2D eigenvalue weighted by Crippen LogP contribution is -2.33. The zero-order valence-corrected chi connectivity index (χ0v) is 20.1. The van der Waals surface area contributed by atoms with E-state index in [1.54, 1.807) is 22.0 Å². The molecule has 3 aromatic heterocycles. The number of allylic oxidation sites excluding steroid dienone is 1. The first-order chi connectivity index (χ1) is 15.6. The van der Waals surface area contributed by atoms with Gasteiger partial charge in [0.15, 0.2) is 5.16 Å². The maximum absolute atomic E-state index is 13.4. The van der Waals surface area contributed by atoms with Crippen molar-refractivity contribution in [2.24, 2.45) is 0 Å². The van der Waals surface area contributed by atoms with Gasteiger partial charge in [-0.25, -0.2) is 4.98 Å². The fourth-order valence-electron chi connectivity index (χ4n) is 3.34. The van der Waals surface area contributed by atoms with Crippen LogP contribution in [0.5, 0.6) is 0 Å². The summed E-state index contributed by atoms with van der Waals surface area (Å²) in [4.78, 5) is 32.7. The van der Waals surface area contributed by atoms with Gasteiger partial charge in [0.2, 0.25) is 5.91 Å². The molecule has 4 aromatic rings. The second kappa shape index (κ2) is 10.3. The highest BCUT2D eigenvalue weighted by molar-refractivity contribution is 8.00.